The maximum Gasteiger partial charge on any atom is 0.0419 e. The first-order valence-electron chi connectivity index (χ1n) is 4.57. The van der Waals surface area contributed by atoms with Crippen molar-refractivity contribution in [2.24, 2.45) is 0 Å². The lowest BCUT2D eigenvalue weighted by molar-refractivity contribution is 0.424. The third kappa shape index (κ3) is 0.640. The number of piperidine rings is 1. The van der Waals surface area contributed by atoms with Crippen molar-refractivity contribution in [1.29, 1.82) is 0 Å². The second-order valence-electron chi connectivity index (χ2n) is 3.75. The number of hydrogen-bond donors (Lipinski definition) is 1. The highest BCUT2D eigenvalue weighted by molar-refractivity contribution is 5.58. The molecule has 1 aromatic rings. The normalized spacial score (nSPS) is 23.0. The van der Waals surface area contributed by atoms with Crippen molar-refractivity contribution in [2.75, 3.05) is 13.1 Å². The summed E-state index contributed by atoms with van der Waals surface area (Å²) < 4.78 is 0. The molecule has 0 bridgehead atoms. The Kier molecular flexibility index (Phi) is 1.10. The minimum absolute atomic E-state index is 0.387. The molecule has 1 saturated heterocycles. The van der Waals surface area contributed by atoms with Crippen molar-refractivity contribution in [2.45, 2.75) is 18.3 Å². The van der Waals surface area contributed by atoms with Gasteiger partial charge in [-0.25, -0.2) is 0 Å². The molecule has 3 rings (SSSR count). The average molecular weight is 157 g/mol. The summed E-state index contributed by atoms with van der Waals surface area (Å²) in [5.74, 6) is 0. The highest BCUT2D eigenvalue weighted by atomic mass is 14.9. The van der Waals surface area contributed by atoms with Gasteiger partial charge in [-0.3, -0.25) is 0 Å². The van der Waals surface area contributed by atoms with E-state index in [0.29, 0.717) is 5.41 Å². The van der Waals surface area contributed by atoms with E-state index in [9.17, 15) is 0 Å². The van der Waals surface area contributed by atoms with Crippen molar-refractivity contribution in [3.05, 3.63) is 35.4 Å². The first kappa shape index (κ1) is 6.51. The highest BCUT2D eigenvalue weighted by Crippen LogP contribution is 2.52. The Balaban J connectivity index is 1.98. The fourth-order valence-electron chi connectivity index (χ4n) is 2.40. The molecule has 0 radical (unpaired) electrons. The Morgan fingerprint density at radius 1 is 1.50 bits per heavy atom. The number of rotatable bonds is 0. The van der Waals surface area contributed by atoms with Crippen LogP contribution in [-0.2, 0) is 5.41 Å². The standard InChI is InChI=1S/C11H11N/c1-2-5-10-9(4-1)11(10)6-3-7-12-8-11/h1,4,12H,3,6-8H2/t11-/m0/s1. The third-order valence-corrected chi connectivity index (χ3v) is 3.12. The lowest BCUT2D eigenvalue weighted by Crippen LogP contribution is -2.34. The van der Waals surface area contributed by atoms with E-state index in [1.54, 1.807) is 0 Å². The Hall–Kier alpha value is -1.00. The van der Waals surface area contributed by atoms with Crippen LogP contribution in [0.15, 0.2) is 12.1 Å². The molecule has 1 spiro atoms. The zero-order chi connectivity index (χ0) is 8.02. The van der Waals surface area contributed by atoms with Crippen LogP contribution in [0.25, 0.3) is 0 Å². The van der Waals surface area contributed by atoms with Crippen LogP contribution >= 0.6 is 0 Å². The Morgan fingerprint density at radius 2 is 2.50 bits per heavy atom. The molecule has 0 saturated carbocycles. The van der Waals surface area contributed by atoms with Crippen molar-refractivity contribution in [3.8, 4) is 0 Å². The van der Waals surface area contributed by atoms with Gasteiger partial charge in [-0.2, -0.15) is 0 Å². The zero-order valence-electron chi connectivity index (χ0n) is 6.98. The highest BCUT2D eigenvalue weighted by Gasteiger charge is 2.50. The monoisotopic (exact) mass is 157 g/mol. The maximum atomic E-state index is 3.45. The number of hydrogen-bond acceptors (Lipinski definition) is 1. The molecular weight excluding hydrogens is 146 g/mol. The molecule has 12 heavy (non-hydrogen) atoms. The van der Waals surface area contributed by atoms with Crippen molar-refractivity contribution < 1.29 is 0 Å². The van der Waals surface area contributed by atoms with E-state index in [1.165, 1.54) is 30.5 Å². The van der Waals surface area contributed by atoms with Crippen molar-refractivity contribution in [3.63, 3.8) is 0 Å². The minimum atomic E-state index is 0.387. The number of nitrogens with one attached hydrogen (secondary N) is 1. The van der Waals surface area contributed by atoms with Gasteiger partial charge in [-0.05, 0) is 37.1 Å². The SMILES string of the molecule is c1ccc2c(c#1)[C@]21CCCNC1. The van der Waals surface area contributed by atoms with Crippen LogP contribution < -0.4 is 5.32 Å². The van der Waals surface area contributed by atoms with Gasteiger partial charge in [-0.15, -0.1) is 0 Å². The largest absolute Gasteiger partial charge is 0.315 e. The third-order valence-electron chi connectivity index (χ3n) is 3.12. The van der Waals surface area contributed by atoms with Gasteiger partial charge in [0.15, 0.2) is 0 Å². The minimum Gasteiger partial charge on any atom is -0.315 e. The van der Waals surface area contributed by atoms with E-state index in [1.807, 2.05) is 6.07 Å². The summed E-state index contributed by atoms with van der Waals surface area (Å²) >= 11 is 0. The Bertz CT molecular complexity index is 286. The Morgan fingerprint density at radius 3 is 3.17 bits per heavy atom. The molecule has 1 heteroatoms. The van der Waals surface area contributed by atoms with Crippen LogP contribution in [0.5, 0.6) is 0 Å². The first-order chi connectivity index (χ1) is 5.93. The van der Waals surface area contributed by atoms with Crippen molar-refractivity contribution >= 4 is 0 Å². The van der Waals surface area contributed by atoms with E-state index in [-0.39, 0.29) is 0 Å². The van der Waals surface area contributed by atoms with E-state index >= 15 is 0 Å². The van der Waals surface area contributed by atoms with Gasteiger partial charge in [0.25, 0.3) is 0 Å². The Labute approximate surface area is 72.8 Å². The number of fused-ring (bicyclic) bond motifs is 3. The van der Waals surface area contributed by atoms with Crippen LogP contribution in [-0.4, -0.2) is 13.1 Å². The lowest BCUT2D eigenvalue weighted by Gasteiger charge is -2.22. The molecule has 1 fully saturated rings. The quantitative estimate of drug-likeness (QED) is 0.598. The summed E-state index contributed by atoms with van der Waals surface area (Å²) in [6.45, 7) is 2.30. The molecule has 1 aliphatic heterocycles. The molecule has 0 unspecified atom stereocenters. The van der Waals surface area contributed by atoms with E-state index in [0.717, 1.165) is 6.54 Å². The lowest BCUT2D eigenvalue weighted by atomic mass is 9.92. The molecule has 2 aliphatic rings. The van der Waals surface area contributed by atoms with Gasteiger partial charge in [-0.1, -0.05) is 12.1 Å². The molecule has 0 amide bonds. The molecular formula is C11H11N. The second kappa shape index (κ2) is 2.02. The maximum absolute atomic E-state index is 3.45. The van der Waals surface area contributed by atoms with E-state index in [4.69, 9.17) is 0 Å². The molecule has 1 N–H and O–H groups in total. The summed E-state index contributed by atoms with van der Waals surface area (Å²) in [6.07, 6.45) is 2.60. The predicted molar refractivity (Wildman–Crippen MR) is 47.0 cm³/mol. The predicted octanol–water partition coefficient (Wildman–Crippen LogP) is 1.27. The van der Waals surface area contributed by atoms with E-state index < -0.39 is 0 Å². The van der Waals surface area contributed by atoms with E-state index in [2.05, 4.69) is 23.5 Å². The molecule has 60 valence electrons. The van der Waals surface area contributed by atoms with Gasteiger partial charge < -0.3 is 5.32 Å². The van der Waals surface area contributed by atoms with Crippen molar-refractivity contribution in [1.82, 2.24) is 5.32 Å². The second-order valence-corrected chi connectivity index (χ2v) is 3.75. The fraction of sp³-hybridized carbons (Fsp3) is 0.455. The summed E-state index contributed by atoms with van der Waals surface area (Å²) in [6, 6.07) is 10.4. The van der Waals surface area contributed by atoms with Crippen LogP contribution in [0, 0.1) is 12.1 Å². The van der Waals surface area contributed by atoms with Crippen LogP contribution in [0.1, 0.15) is 24.0 Å². The summed E-state index contributed by atoms with van der Waals surface area (Å²) in [5.41, 5.74) is 3.31. The molecule has 1 nitrogen and oxygen atoms in total. The molecule has 0 aromatic heterocycles. The average Bonchev–Trinajstić information content (AvgIpc) is 2.77. The first-order valence-corrected chi connectivity index (χ1v) is 4.57. The summed E-state index contributed by atoms with van der Waals surface area (Å²) in [7, 11) is 0. The van der Waals surface area contributed by atoms with Crippen LogP contribution in [0.2, 0.25) is 0 Å². The summed E-state index contributed by atoms with van der Waals surface area (Å²) in [4.78, 5) is 0. The molecule has 1 aliphatic carbocycles. The van der Waals surface area contributed by atoms with Gasteiger partial charge >= 0.3 is 0 Å². The molecule has 1 heterocycles. The van der Waals surface area contributed by atoms with Gasteiger partial charge in [0.05, 0.1) is 0 Å². The summed E-state index contributed by atoms with van der Waals surface area (Å²) in [5, 5.41) is 3.45. The van der Waals surface area contributed by atoms with Gasteiger partial charge in [0, 0.05) is 17.5 Å². The van der Waals surface area contributed by atoms with Crippen LogP contribution in [0.4, 0.5) is 0 Å². The molecule has 1 atom stereocenters. The fourth-order valence-corrected chi connectivity index (χ4v) is 2.40. The van der Waals surface area contributed by atoms with Gasteiger partial charge in [0.1, 0.15) is 0 Å². The topological polar surface area (TPSA) is 12.0 Å². The van der Waals surface area contributed by atoms with Gasteiger partial charge in [0.2, 0.25) is 0 Å². The zero-order valence-corrected chi connectivity index (χ0v) is 6.98. The van der Waals surface area contributed by atoms with Crippen LogP contribution in [0.3, 0.4) is 0 Å². The smallest absolute Gasteiger partial charge is 0.0419 e. The molecule has 1 aromatic carbocycles.